The van der Waals surface area contributed by atoms with Gasteiger partial charge in [-0.05, 0) is 37.3 Å². The summed E-state index contributed by atoms with van der Waals surface area (Å²) in [6, 6.07) is 9.80. The Kier molecular flexibility index (Phi) is 2.82. The quantitative estimate of drug-likeness (QED) is 0.776. The molecule has 0 radical (unpaired) electrons. The lowest BCUT2D eigenvalue weighted by atomic mass is 10.2. The van der Waals surface area contributed by atoms with Gasteiger partial charge in [0.25, 0.3) is 0 Å². The number of pyridine rings is 1. The van der Waals surface area contributed by atoms with Crippen LogP contribution in [0.1, 0.15) is 5.69 Å². The minimum Gasteiger partial charge on any atom is -0.355 e. The summed E-state index contributed by atoms with van der Waals surface area (Å²) in [7, 11) is 3.56. The maximum atomic E-state index is 11.9. The van der Waals surface area contributed by atoms with Crippen LogP contribution in [0.2, 0.25) is 0 Å². The van der Waals surface area contributed by atoms with Crippen LogP contribution in [0.4, 0.5) is 11.4 Å². The van der Waals surface area contributed by atoms with E-state index in [1.54, 1.807) is 29.4 Å². The van der Waals surface area contributed by atoms with Crippen molar-refractivity contribution in [3.05, 3.63) is 52.7 Å². The highest BCUT2D eigenvalue weighted by molar-refractivity contribution is 5.81. The predicted octanol–water partition coefficient (Wildman–Crippen LogP) is 2.32. The Labute approximate surface area is 116 Å². The average molecular weight is 268 g/mol. The van der Waals surface area contributed by atoms with Gasteiger partial charge >= 0.3 is 5.69 Å². The van der Waals surface area contributed by atoms with Crippen molar-refractivity contribution in [2.45, 2.75) is 6.92 Å². The number of hydrogen-bond donors (Lipinski definition) is 1. The van der Waals surface area contributed by atoms with Crippen molar-refractivity contribution in [2.24, 2.45) is 14.1 Å². The largest absolute Gasteiger partial charge is 0.355 e. The summed E-state index contributed by atoms with van der Waals surface area (Å²) >= 11 is 0. The zero-order valence-corrected chi connectivity index (χ0v) is 11.7. The number of aromatic nitrogens is 3. The van der Waals surface area contributed by atoms with Gasteiger partial charge in [0.15, 0.2) is 0 Å². The highest BCUT2D eigenvalue weighted by Gasteiger charge is 2.08. The number of imidazole rings is 1. The second kappa shape index (κ2) is 4.52. The van der Waals surface area contributed by atoms with Crippen molar-refractivity contribution in [1.29, 1.82) is 0 Å². The molecule has 5 nitrogen and oxygen atoms in total. The van der Waals surface area contributed by atoms with Gasteiger partial charge in [0, 0.05) is 37.4 Å². The second-order valence-electron chi connectivity index (χ2n) is 4.91. The van der Waals surface area contributed by atoms with Crippen LogP contribution in [0.15, 0.2) is 41.3 Å². The first-order valence-electron chi connectivity index (χ1n) is 6.41. The van der Waals surface area contributed by atoms with Crippen LogP contribution in [-0.4, -0.2) is 14.1 Å². The van der Waals surface area contributed by atoms with Crippen LogP contribution in [0.25, 0.3) is 11.0 Å². The number of nitrogens with one attached hydrogen (secondary N) is 1. The fraction of sp³-hybridized carbons (Fsp3) is 0.200. The van der Waals surface area contributed by atoms with Gasteiger partial charge in [-0.25, -0.2) is 4.79 Å². The molecule has 102 valence electrons. The third kappa shape index (κ3) is 1.97. The molecule has 2 aromatic heterocycles. The smallest absolute Gasteiger partial charge is 0.328 e. The number of rotatable bonds is 2. The van der Waals surface area contributed by atoms with E-state index in [0.717, 1.165) is 28.1 Å². The van der Waals surface area contributed by atoms with E-state index in [9.17, 15) is 4.79 Å². The molecule has 1 aromatic carbocycles. The van der Waals surface area contributed by atoms with E-state index in [1.807, 2.05) is 37.3 Å². The maximum absolute atomic E-state index is 11.9. The molecule has 5 heteroatoms. The summed E-state index contributed by atoms with van der Waals surface area (Å²) in [5.41, 5.74) is 4.71. The number of hydrogen-bond acceptors (Lipinski definition) is 3. The number of anilines is 2. The van der Waals surface area contributed by atoms with Crippen molar-refractivity contribution < 1.29 is 0 Å². The van der Waals surface area contributed by atoms with Crippen molar-refractivity contribution in [2.75, 3.05) is 5.32 Å². The van der Waals surface area contributed by atoms with Gasteiger partial charge in [0.2, 0.25) is 0 Å². The fourth-order valence-electron chi connectivity index (χ4n) is 2.37. The SMILES string of the molecule is Cc1cc(Nc2ccc3c(c2)n(C)c(=O)n3C)ccn1. The van der Waals surface area contributed by atoms with Crippen LogP contribution in [0.3, 0.4) is 0 Å². The van der Waals surface area contributed by atoms with Gasteiger partial charge in [0.1, 0.15) is 0 Å². The zero-order valence-electron chi connectivity index (χ0n) is 11.7. The Hall–Kier alpha value is -2.56. The Morgan fingerprint density at radius 3 is 2.45 bits per heavy atom. The van der Waals surface area contributed by atoms with E-state index >= 15 is 0 Å². The van der Waals surface area contributed by atoms with Gasteiger partial charge < -0.3 is 5.32 Å². The highest BCUT2D eigenvalue weighted by Crippen LogP contribution is 2.21. The molecular weight excluding hydrogens is 252 g/mol. The third-order valence-electron chi connectivity index (χ3n) is 3.46. The summed E-state index contributed by atoms with van der Waals surface area (Å²) in [6.07, 6.45) is 1.77. The molecule has 3 aromatic rings. The summed E-state index contributed by atoms with van der Waals surface area (Å²) in [6.45, 7) is 1.95. The third-order valence-corrected chi connectivity index (χ3v) is 3.46. The maximum Gasteiger partial charge on any atom is 0.328 e. The van der Waals surface area contributed by atoms with E-state index in [2.05, 4.69) is 10.3 Å². The van der Waals surface area contributed by atoms with Crippen molar-refractivity contribution in [1.82, 2.24) is 14.1 Å². The molecule has 0 atom stereocenters. The molecule has 0 spiro atoms. The zero-order chi connectivity index (χ0) is 14.3. The van der Waals surface area contributed by atoms with Crippen LogP contribution in [0, 0.1) is 6.92 Å². The highest BCUT2D eigenvalue weighted by atomic mass is 16.1. The predicted molar refractivity (Wildman–Crippen MR) is 80.4 cm³/mol. The Bertz CT molecular complexity index is 845. The molecule has 0 aliphatic rings. The normalized spacial score (nSPS) is 10.9. The van der Waals surface area contributed by atoms with Gasteiger partial charge in [-0.3, -0.25) is 14.1 Å². The van der Waals surface area contributed by atoms with E-state index in [1.165, 1.54) is 0 Å². The van der Waals surface area contributed by atoms with E-state index in [-0.39, 0.29) is 5.69 Å². The molecule has 2 heterocycles. The molecule has 0 fully saturated rings. The molecule has 0 saturated carbocycles. The monoisotopic (exact) mass is 268 g/mol. The molecular formula is C15H16N4O. The molecule has 0 saturated heterocycles. The summed E-state index contributed by atoms with van der Waals surface area (Å²) < 4.78 is 3.30. The van der Waals surface area contributed by atoms with Crippen LogP contribution >= 0.6 is 0 Å². The molecule has 0 unspecified atom stereocenters. The van der Waals surface area contributed by atoms with Crippen LogP contribution in [0.5, 0.6) is 0 Å². The van der Waals surface area contributed by atoms with Crippen molar-refractivity contribution in [3.63, 3.8) is 0 Å². The average Bonchev–Trinajstić information content (AvgIpc) is 2.64. The summed E-state index contributed by atoms with van der Waals surface area (Å²) in [5.74, 6) is 0. The Balaban J connectivity index is 2.05. The Morgan fingerprint density at radius 2 is 1.70 bits per heavy atom. The lowest BCUT2D eigenvalue weighted by molar-refractivity contribution is 0.795. The molecule has 0 bridgehead atoms. The summed E-state index contributed by atoms with van der Waals surface area (Å²) in [5, 5.41) is 3.33. The molecule has 3 rings (SSSR count). The van der Waals surface area contributed by atoms with Crippen LogP contribution in [-0.2, 0) is 14.1 Å². The lowest BCUT2D eigenvalue weighted by Gasteiger charge is -2.07. The summed E-state index contributed by atoms with van der Waals surface area (Å²) in [4.78, 5) is 16.1. The number of fused-ring (bicyclic) bond motifs is 1. The van der Waals surface area contributed by atoms with E-state index in [0.29, 0.717) is 0 Å². The standard InChI is InChI=1S/C15H16N4O/c1-10-8-12(6-7-16-10)17-11-4-5-13-14(9-11)19(3)15(20)18(13)2/h4-9H,1-3H3,(H,16,17). The van der Waals surface area contributed by atoms with Gasteiger partial charge in [-0.15, -0.1) is 0 Å². The second-order valence-corrected chi connectivity index (χ2v) is 4.91. The first kappa shape index (κ1) is 12.5. The van der Waals surface area contributed by atoms with Crippen LogP contribution < -0.4 is 11.0 Å². The minimum atomic E-state index is -0.0168. The minimum absolute atomic E-state index is 0.0168. The molecule has 20 heavy (non-hydrogen) atoms. The number of nitrogens with zero attached hydrogens (tertiary/aromatic N) is 3. The van der Waals surface area contributed by atoms with E-state index in [4.69, 9.17) is 0 Å². The topological polar surface area (TPSA) is 51.9 Å². The molecule has 1 N–H and O–H groups in total. The van der Waals surface area contributed by atoms with Crippen molar-refractivity contribution >= 4 is 22.4 Å². The van der Waals surface area contributed by atoms with E-state index < -0.39 is 0 Å². The van der Waals surface area contributed by atoms with Gasteiger partial charge in [0.05, 0.1) is 11.0 Å². The number of aryl methyl sites for hydroxylation is 3. The fourth-order valence-corrected chi connectivity index (χ4v) is 2.37. The lowest BCUT2D eigenvalue weighted by Crippen LogP contribution is -2.19. The first-order valence-corrected chi connectivity index (χ1v) is 6.41. The molecule has 0 aliphatic heterocycles. The van der Waals surface area contributed by atoms with Crippen molar-refractivity contribution in [3.8, 4) is 0 Å². The number of benzene rings is 1. The Morgan fingerprint density at radius 1 is 1.00 bits per heavy atom. The molecule has 0 aliphatic carbocycles. The van der Waals surface area contributed by atoms with Gasteiger partial charge in [-0.1, -0.05) is 0 Å². The first-order chi connectivity index (χ1) is 9.56. The van der Waals surface area contributed by atoms with Gasteiger partial charge in [-0.2, -0.15) is 0 Å². The molecule has 0 amide bonds.